The first-order chi connectivity index (χ1) is 10.7. The molecule has 23 heavy (non-hydrogen) atoms. The minimum atomic E-state index is -0.496. The minimum Gasteiger partial charge on any atom is -0.458 e. The Kier molecular flexibility index (Phi) is 4.23. The van der Waals surface area contributed by atoms with Crippen LogP contribution in [0.15, 0.2) is 22.8 Å². The molecule has 0 unspecified atom stereocenters. The van der Waals surface area contributed by atoms with Crippen molar-refractivity contribution in [1.82, 2.24) is 9.38 Å². The lowest BCUT2D eigenvalue weighted by atomic mass is 10.1. The van der Waals surface area contributed by atoms with Gasteiger partial charge in [-0.15, -0.1) is 0 Å². The van der Waals surface area contributed by atoms with Gasteiger partial charge >= 0.3 is 5.97 Å². The molecule has 2 atom stereocenters. The van der Waals surface area contributed by atoms with E-state index in [-0.39, 0.29) is 18.7 Å². The van der Waals surface area contributed by atoms with Crippen LogP contribution in [0.2, 0.25) is 0 Å². The van der Waals surface area contributed by atoms with E-state index < -0.39 is 5.60 Å². The minimum absolute atomic E-state index is 0.0499. The number of rotatable bonds is 3. The van der Waals surface area contributed by atoms with E-state index in [4.69, 9.17) is 9.47 Å². The van der Waals surface area contributed by atoms with E-state index >= 15 is 0 Å². The van der Waals surface area contributed by atoms with Crippen LogP contribution in [0, 0.1) is 0 Å². The van der Waals surface area contributed by atoms with Crippen molar-refractivity contribution in [2.75, 3.05) is 6.61 Å². The summed E-state index contributed by atoms with van der Waals surface area (Å²) in [5, 5.41) is 0. The molecular weight excluding hydrogens is 360 g/mol. The highest BCUT2D eigenvalue weighted by molar-refractivity contribution is 9.10. The third kappa shape index (κ3) is 3.43. The molecule has 0 fully saturated rings. The van der Waals surface area contributed by atoms with Gasteiger partial charge < -0.3 is 13.9 Å². The van der Waals surface area contributed by atoms with Crippen molar-refractivity contribution in [2.45, 2.75) is 51.7 Å². The second kappa shape index (κ2) is 5.91. The lowest BCUT2D eigenvalue weighted by Gasteiger charge is -2.20. The Balaban J connectivity index is 1.78. The van der Waals surface area contributed by atoms with E-state index in [0.29, 0.717) is 5.92 Å². The summed E-state index contributed by atoms with van der Waals surface area (Å²) in [7, 11) is 0. The van der Waals surface area contributed by atoms with Gasteiger partial charge in [-0.2, -0.15) is 0 Å². The molecule has 124 valence electrons. The first kappa shape index (κ1) is 16.5. The zero-order valence-corrected chi connectivity index (χ0v) is 15.4. The van der Waals surface area contributed by atoms with Crippen molar-refractivity contribution in [1.29, 1.82) is 0 Å². The van der Waals surface area contributed by atoms with Crippen molar-refractivity contribution >= 4 is 27.5 Å². The Hall–Kier alpha value is -1.40. The number of carbonyl (C=O) groups excluding carboxylic acids is 1. The Bertz CT molecular complexity index is 748. The van der Waals surface area contributed by atoms with Gasteiger partial charge in [-0.25, -0.2) is 9.78 Å². The number of ether oxygens (including phenoxy) is 2. The summed E-state index contributed by atoms with van der Waals surface area (Å²) in [6, 6.07) is 3.94. The number of hydrogen-bond donors (Lipinski definition) is 0. The van der Waals surface area contributed by atoms with Gasteiger partial charge in [-0.1, -0.05) is 6.92 Å². The number of halogens is 1. The fraction of sp³-hybridized carbons (Fsp3) is 0.529. The lowest BCUT2D eigenvalue weighted by molar-refractivity contribution is -0.162. The zero-order chi connectivity index (χ0) is 16.8. The topological polar surface area (TPSA) is 52.8 Å². The second-order valence-electron chi connectivity index (χ2n) is 6.98. The molecular formula is C17H21BrN2O3. The van der Waals surface area contributed by atoms with Crippen LogP contribution in [0.25, 0.3) is 5.65 Å². The molecule has 0 aliphatic heterocycles. The predicted molar refractivity (Wildman–Crippen MR) is 90.5 cm³/mol. The highest BCUT2D eigenvalue weighted by Gasteiger charge is 2.34. The highest BCUT2D eigenvalue weighted by Crippen LogP contribution is 2.42. The van der Waals surface area contributed by atoms with Crippen LogP contribution < -0.4 is 0 Å². The van der Waals surface area contributed by atoms with Crippen molar-refractivity contribution in [2.24, 2.45) is 0 Å². The van der Waals surface area contributed by atoms with Gasteiger partial charge in [0.25, 0.3) is 0 Å². The Morgan fingerprint density at radius 3 is 2.87 bits per heavy atom. The van der Waals surface area contributed by atoms with Crippen LogP contribution in [0.1, 0.15) is 57.5 Å². The molecule has 6 heteroatoms. The van der Waals surface area contributed by atoms with E-state index in [1.807, 2.05) is 39.1 Å². The fourth-order valence-corrected chi connectivity index (χ4v) is 3.35. The standard InChI is InChI=1S/C17H21BrN2O3/c1-10-7-12(22-9-14(21)23-17(2,3)4)15-16(10)20-8-11(18)5-6-13(20)19-15/h5-6,8,10,12H,7,9H2,1-4H3/t10-,12+/m0/s1. The summed E-state index contributed by atoms with van der Waals surface area (Å²) >= 11 is 3.50. The SMILES string of the molecule is C[C@H]1C[C@@H](OCC(=O)OC(C)(C)C)c2nc3ccc(Br)cn3c21. The summed E-state index contributed by atoms with van der Waals surface area (Å²) in [5.74, 6) is -0.0111. The molecule has 1 aliphatic carbocycles. The fourth-order valence-electron chi connectivity index (χ4n) is 3.01. The van der Waals surface area contributed by atoms with E-state index in [1.54, 1.807) is 0 Å². The smallest absolute Gasteiger partial charge is 0.332 e. The molecule has 2 heterocycles. The number of esters is 1. The zero-order valence-electron chi connectivity index (χ0n) is 13.8. The number of hydrogen-bond acceptors (Lipinski definition) is 4. The van der Waals surface area contributed by atoms with Gasteiger partial charge in [0.2, 0.25) is 0 Å². The molecule has 0 amide bonds. The molecule has 0 spiro atoms. The van der Waals surface area contributed by atoms with Gasteiger partial charge in [0.15, 0.2) is 0 Å². The first-order valence-electron chi connectivity index (χ1n) is 7.75. The van der Waals surface area contributed by atoms with E-state index in [9.17, 15) is 4.79 Å². The second-order valence-corrected chi connectivity index (χ2v) is 7.90. The molecule has 0 bridgehead atoms. The Morgan fingerprint density at radius 1 is 1.43 bits per heavy atom. The predicted octanol–water partition coefficient (Wildman–Crippen LogP) is 4.00. The highest BCUT2D eigenvalue weighted by atomic mass is 79.9. The molecule has 0 aromatic carbocycles. The van der Waals surface area contributed by atoms with Gasteiger partial charge in [-0.05, 0) is 55.3 Å². The normalized spacial score (nSPS) is 20.7. The molecule has 5 nitrogen and oxygen atoms in total. The van der Waals surface area contributed by atoms with Gasteiger partial charge in [0.05, 0.1) is 11.4 Å². The number of imidazole rings is 1. The lowest BCUT2D eigenvalue weighted by Crippen LogP contribution is -2.27. The number of pyridine rings is 1. The first-order valence-corrected chi connectivity index (χ1v) is 8.55. The monoisotopic (exact) mass is 380 g/mol. The summed E-state index contributed by atoms with van der Waals surface area (Å²) in [5.41, 5.74) is 2.49. The molecule has 0 N–H and O–H groups in total. The molecule has 0 radical (unpaired) electrons. The van der Waals surface area contributed by atoms with Crippen molar-refractivity contribution in [3.05, 3.63) is 34.2 Å². The van der Waals surface area contributed by atoms with Gasteiger partial charge in [0, 0.05) is 16.6 Å². The number of fused-ring (bicyclic) bond motifs is 3. The molecule has 2 aromatic rings. The third-order valence-electron chi connectivity index (χ3n) is 3.81. The molecule has 2 aromatic heterocycles. The largest absolute Gasteiger partial charge is 0.458 e. The van der Waals surface area contributed by atoms with Gasteiger partial charge in [-0.3, -0.25) is 0 Å². The van der Waals surface area contributed by atoms with Gasteiger partial charge in [0.1, 0.15) is 24.0 Å². The average Bonchev–Trinajstić information content (AvgIpc) is 2.93. The quantitative estimate of drug-likeness (QED) is 0.755. The van der Waals surface area contributed by atoms with Crippen molar-refractivity contribution in [3.63, 3.8) is 0 Å². The molecule has 0 saturated heterocycles. The van der Waals surface area contributed by atoms with Crippen LogP contribution in [0.5, 0.6) is 0 Å². The van der Waals surface area contributed by atoms with E-state index in [1.165, 1.54) is 0 Å². The number of carbonyl (C=O) groups is 1. The molecule has 0 saturated carbocycles. The van der Waals surface area contributed by atoms with Crippen molar-refractivity contribution < 1.29 is 14.3 Å². The van der Waals surface area contributed by atoms with Crippen LogP contribution >= 0.6 is 15.9 Å². The molecule has 1 aliphatic rings. The summed E-state index contributed by atoms with van der Waals surface area (Å²) in [6.07, 6.45) is 2.69. The maximum atomic E-state index is 11.8. The average molecular weight is 381 g/mol. The number of aromatic nitrogens is 2. The van der Waals surface area contributed by atoms with E-state index in [2.05, 4.69) is 32.2 Å². The Labute approximate surface area is 144 Å². The van der Waals surface area contributed by atoms with Crippen LogP contribution in [0.3, 0.4) is 0 Å². The molecule has 3 rings (SSSR count). The van der Waals surface area contributed by atoms with Crippen LogP contribution in [0.4, 0.5) is 0 Å². The maximum Gasteiger partial charge on any atom is 0.332 e. The summed E-state index contributed by atoms with van der Waals surface area (Å²) < 4.78 is 14.2. The maximum absolute atomic E-state index is 11.8. The van der Waals surface area contributed by atoms with Crippen LogP contribution in [-0.4, -0.2) is 27.6 Å². The van der Waals surface area contributed by atoms with Crippen LogP contribution in [-0.2, 0) is 14.3 Å². The van der Waals surface area contributed by atoms with E-state index in [0.717, 1.165) is 27.9 Å². The number of nitrogens with zero attached hydrogens (tertiary/aromatic N) is 2. The third-order valence-corrected chi connectivity index (χ3v) is 4.28. The summed E-state index contributed by atoms with van der Waals surface area (Å²) in [6.45, 7) is 7.65. The van der Waals surface area contributed by atoms with Crippen molar-refractivity contribution in [3.8, 4) is 0 Å². The Morgan fingerprint density at radius 2 is 2.17 bits per heavy atom. The summed E-state index contributed by atoms with van der Waals surface area (Å²) in [4.78, 5) is 16.5.